The first-order chi connectivity index (χ1) is 6.72. The molecule has 1 fully saturated rings. The van der Waals surface area contributed by atoms with E-state index in [0.717, 1.165) is 19.5 Å². The first kappa shape index (κ1) is 11.7. The van der Waals surface area contributed by atoms with E-state index in [1.165, 1.54) is 19.3 Å². The minimum absolute atomic E-state index is 0.358. The van der Waals surface area contributed by atoms with Gasteiger partial charge in [-0.15, -0.1) is 0 Å². The molecule has 1 atom stereocenters. The van der Waals surface area contributed by atoms with Crippen molar-refractivity contribution in [3.63, 3.8) is 0 Å². The highest BCUT2D eigenvalue weighted by Gasteiger charge is 2.21. The SMILES string of the molecule is CCCCCN(C)CC1CC(=O)CN1. The molecule has 0 aromatic carbocycles. The predicted molar refractivity (Wildman–Crippen MR) is 58.4 cm³/mol. The Kier molecular flexibility index (Phi) is 5.12. The molecule has 1 rings (SSSR count). The van der Waals surface area contributed by atoms with Gasteiger partial charge in [-0.3, -0.25) is 4.79 Å². The number of Topliss-reactive ketones (excluding diaryl/α,β-unsaturated/α-hetero) is 1. The Morgan fingerprint density at radius 2 is 2.29 bits per heavy atom. The van der Waals surface area contributed by atoms with Crippen LogP contribution in [-0.4, -0.2) is 43.4 Å². The second-order valence-corrected chi connectivity index (χ2v) is 4.29. The third kappa shape index (κ3) is 4.20. The standard InChI is InChI=1S/C11H22N2O/c1-3-4-5-6-13(2)9-10-7-11(14)8-12-10/h10,12H,3-9H2,1-2H3. The number of ketones is 1. The first-order valence-corrected chi connectivity index (χ1v) is 5.66. The minimum Gasteiger partial charge on any atom is -0.305 e. The summed E-state index contributed by atoms with van der Waals surface area (Å²) in [7, 11) is 2.14. The highest BCUT2D eigenvalue weighted by atomic mass is 16.1. The van der Waals surface area contributed by atoms with Crippen molar-refractivity contribution < 1.29 is 4.79 Å². The maximum absolute atomic E-state index is 11.0. The fraction of sp³-hybridized carbons (Fsp3) is 0.909. The normalized spacial score (nSPS) is 22.2. The van der Waals surface area contributed by atoms with Crippen LogP contribution < -0.4 is 5.32 Å². The summed E-state index contributed by atoms with van der Waals surface area (Å²) in [4.78, 5) is 13.3. The van der Waals surface area contributed by atoms with Crippen molar-refractivity contribution in [3.8, 4) is 0 Å². The monoisotopic (exact) mass is 198 g/mol. The summed E-state index contributed by atoms with van der Waals surface area (Å²) < 4.78 is 0. The smallest absolute Gasteiger partial charge is 0.148 e. The van der Waals surface area contributed by atoms with E-state index in [2.05, 4.69) is 24.2 Å². The number of hydrogen-bond acceptors (Lipinski definition) is 3. The Hall–Kier alpha value is -0.410. The van der Waals surface area contributed by atoms with E-state index in [1.807, 2.05) is 0 Å². The van der Waals surface area contributed by atoms with E-state index in [-0.39, 0.29) is 0 Å². The van der Waals surface area contributed by atoms with E-state index < -0.39 is 0 Å². The fourth-order valence-electron chi connectivity index (χ4n) is 1.91. The van der Waals surface area contributed by atoms with Crippen molar-refractivity contribution >= 4 is 5.78 Å². The van der Waals surface area contributed by atoms with Gasteiger partial charge in [0.15, 0.2) is 0 Å². The van der Waals surface area contributed by atoms with E-state index in [1.54, 1.807) is 0 Å². The van der Waals surface area contributed by atoms with Gasteiger partial charge in [0.05, 0.1) is 6.54 Å². The minimum atomic E-state index is 0.358. The molecular weight excluding hydrogens is 176 g/mol. The van der Waals surface area contributed by atoms with Crippen LogP contribution in [0.4, 0.5) is 0 Å². The molecule has 0 spiro atoms. The van der Waals surface area contributed by atoms with E-state index in [0.29, 0.717) is 18.4 Å². The molecule has 0 aliphatic carbocycles. The van der Waals surface area contributed by atoms with Crippen molar-refractivity contribution in [1.29, 1.82) is 0 Å². The zero-order valence-corrected chi connectivity index (χ0v) is 9.38. The second-order valence-electron chi connectivity index (χ2n) is 4.29. The molecular formula is C11H22N2O. The molecule has 1 N–H and O–H groups in total. The number of nitrogens with zero attached hydrogens (tertiary/aromatic N) is 1. The first-order valence-electron chi connectivity index (χ1n) is 5.66. The summed E-state index contributed by atoms with van der Waals surface area (Å²) in [5.41, 5.74) is 0. The van der Waals surface area contributed by atoms with Crippen LogP contribution in [0.25, 0.3) is 0 Å². The molecule has 3 heteroatoms. The topological polar surface area (TPSA) is 32.3 Å². The van der Waals surface area contributed by atoms with Crippen LogP contribution in [-0.2, 0) is 4.79 Å². The molecule has 1 saturated heterocycles. The van der Waals surface area contributed by atoms with Crippen molar-refractivity contribution in [2.45, 2.75) is 38.6 Å². The molecule has 0 radical (unpaired) electrons. The summed E-state index contributed by atoms with van der Waals surface area (Å²) in [6, 6.07) is 0.397. The third-order valence-electron chi connectivity index (χ3n) is 2.74. The van der Waals surface area contributed by atoms with Crippen molar-refractivity contribution in [3.05, 3.63) is 0 Å². The Labute approximate surface area is 86.9 Å². The zero-order chi connectivity index (χ0) is 10.4. The summed E-state index contributed by atoms with van der Waals surface area (Å²) in [6.45, 7) is 4.96. The van der Waals surface area contributed by atoms with Crippen LogP contribution in [0.1, 0.15) is 32.6 Å². The quantitative estimate of drug-likeness (QED) is 0.647. The van der Waals surface area contributed by atoms with Crippen molar-refractivity contribution in [2.75, 3.05) is 26.7 Å². The number of hydrogen-bond donors (Lipinski definition) is 1. The van der Waals surface area contributed by atoms with Gasteiger partial charge in [-0.2, -0.15) is 0 Å². The Bertz CT molecular complexity index is 182. The van der Waals surface area contributed by atoms with Gasteiger partial charge >= 0.3 is 0 Å². The van der Waals surface area contributed by atoms with Crippen LogP contribution >= 0.6 is 0 Å². The molecule has 1 aliphatic rings. The maximum Gasteiger partial charge on any atom is 0.148 e. The molecule has 0 saturated carbocycles. The van der Waals surface area contributed by atoms with Gasteiger partial charge in [-0.1, -0.05) is 19.8 Å². The Balaban J connectivity index is 2.07. The van der Waals surface area contributed by atoms with Crippen LogP contribution in [0.15, 0.2) is 0 Å². The van der Waals surface area contributed by atoms with E-state index >= 15 is 0 Å². The molecule has 1 unspecified atom stereocenters. The molecule has 0 aromatic rings. The molecule has 0 bridgehead atoms. The Morgan fingerprint density at radius 1 is 1.50 bits per heavy atom. The molecule has 3 nitrogen and oxygen atoms in total. The van der Waals surface area contributed by atoms with Crippen molar-refractivity contribution in [1.82, 2.24) is 10.2 Å². The van der Waals surface area contributed by atoms with Gasteiger partial charge in [0.1, 0.15) is 5.78 Å². The Morgan fingerprint density at radius 3 is 2.86 bits per heavy atom. The number of likely N-dealkylation sites (N-methyl/N-ethyl adjacent to an activating group) is 1. The average molecular weight is 198 g/mol. The third-order valence-corrected chi connectivity index (χ3v) is 2.74. The predicted octanol–water partition coefficient (Wildman–Crippen LogP) is 1.04. The maximum atomic E-state index is 11.0. The van der Waals surface area contributed by atoms with Gasteiger partial charge in [-0.05, 0) is 20.0 Å². The molecule has 1 aliphatic heterocycles. The van der Waals surface area contributed by atoms with Gasteiger partial charge in [-0.25, -0.2) is 0 Å². The summed E-state index contributed by atoms with van der Waals surface area (Å²) in [5, 5.41) is 3.24. The lowest BCUT2D eigenvalue weighted by atomic mass is 10.2. The van der Waals surface area contributed by atoms with Gasteiger partial charge in [0.2, 0.25) is 0 Å². The van der Waals surface area contributed by atoms with E-state index in [4.69, 9.17) is 0 Å². The number of carbonyl (C=O) groups excluding carboxylic acids is 1. The number of nitrogens with one attached hydrogen (secondary N) is 1. The molecule has 0 aromatic heterocycles. The average Bonchev–Trinajstić information content (AvgIpc) is 2.52. The fourth-order valence-corrected chi connectivity index (χ4v) is 1.91. The lowest BCUT2D eigenvalue weighted by Crippen LogP contribution is -2.35. The highest BCUT2D eigenvalue weighted by Crippen LogP contribution is 2.04. The second kappa shape index (κ2) is 6.14. The lowest BCUT2D eigenvalue weighted by molar-refractivity contribution is -0.116. The molecule has 82 valence electrons. The number of unbranched alkanes of at least 4 members (excludes halogenated alkanes) is 2. The summed E-state index contributed by atoms with van der Waals surface area (Å²) >= 11 is 0. The van der Waals surface area contributed by atoms with Gasteiger partial charge < -0.3 is 10.2 Å². The van der Waals surface area contributed by atoms with Crippen molar-refractivity contribution in [2.24, 2.45) is 0 Å². The lowest BCUT2D eigenvalue weighted by Gasteiger charge is -2.20. The van der Waals surface area contributed by atoms with Crippen LogP contribution in [0.3, 0.4) is 0 Å². The summed E-state index contributed by atoms with van der Waals surface area (Å²) in [6.07, 6.45) is 4.57. The molecule has 0 amide bonds. The summed E-state index contributed by atoms with van der Waals surface area (Å²) in [5.74, 6) is 0.358. The van der Waals surface area contributed by atoms with Gasteiger partial charge in [0, 0.05) is 19.0 Å². The number of carbonyl (C=O) groups is 1. The number of rotatable bonds is 6. The van der Waals surface area contributed by atoms with Crippen LogP contribution in [0.5, 0.6) is 0 Å². The molecule has 1 heterocycles. The zero-order valence-electron chi connectivity index (χ0n) is 9.38. The highest BCUT2D eigenvalue weighted by molar-refractivity contribution is 5.83. The van der Waals surface area contributed by atoms with Crippen LogP contribution in [0, 0.1) is 0 Å². The largest absolute Gasteiger partial charge is 0.305 e. The van der Waals surface area contributed by atoms with Gasteiger partial charge in [0.25, 0.3) is 0 Å². The van der Waals surface area contributed by atoms with E-state index in [9.17, 15) is 4.79 Å². The molecule has 14 heavy (non-hydrogen) atoms. The van der Waals surface area contributed by atoms with Crippen LogP contribution in [0.2, 0.25) is 0 Å².